The minimum absolute atomic E-state index is 0.102. The fourth-order valence-corrected chi connectivity index (χ4v) is 2.23. The molecule has 3 rings (SSSR count). The molecule has 0 bridgehead atoms. The van der Waals surface area contributed by atoms with Gasteiger partial charge in [-0.1, -0.05) is 18.2 Å². The number of rotatable bonds is 4. The summed E-state index contributed by atoms with van der Waals surface area (Å²) in [5.41, 5.74) is 0.847. The molecule has 1 heterocycles. The number of alkyl halides is 2. The van der Waals surface area contributed by atoms with Crippen molar-refractivity contribution in [1.29, 1.82) is 0 Å². The summed E-state index contributed by atoms with van der Waals surface area (Å²) < 4.78 is 27.9. The van der Waals surface area contributed by atoms with Crippen LogP contribution in [0.3, 0.4) is 0 Å². The summed E-state index contributed by atoms with van der Waals surface area (Å²) in [4.78, 5) is 10.1. The van der Waals surface area contributed by atoms with Gasteiger partial charge in [0.25, 0.3) is 12.1 Å². The summed E-state index contributed by atoms with van der Waals surface area (Å²) >= 11 is 0. The van der Waals surface area contributed by atoms with Gasteiger partial charge in [0.15, 0.2) is 0 Å². The summed E-state index contributed by atoms with van der Waals surface area (Å²) in [6.45, 7) is 0. The van der Waals surface area contributed by atoms with Crippen molar-refractivity contribution in [1.82, 2.24) is 9.78 Å². The molecule has 0 saturated heterocycles. The SMILES string of the molecule is O=[N+]([O-])c1ccc(-c2nn(-c3ccccc3)cc2C(F)F)cc1. The van der Waals surface area contributed by atoms with Crippen LogP contribution in [0.1, 0.15) is 12.0 Å². The highest BCUT2D eigenvalue weighted by molar-refractivity contribution is 5.65. The van der Waals surface area contributed by atoms with E-state index in [1.54, 1.807) is 24.3 Å². The monoisotopic (exact) mass is 315 g/mol. The van der Waals surface area contributed by atoms with E-state index >= 15 is 0 Å². The number of benzene rings is 2. The predicted octanol–water partition coefficient (Wildman–Crippen LogP) is 4.39. The maximum absolute atomic E-state index is 13.3. The molecule has 1 aromatic heterocycles. The average molecular weight is 315 g/mol. The average Bonchev–Trinajstić information content (AvgIpc) is 3.01. The zero-order valence-electron chi connectivity index (χ0n) is 11.8. The summed E-state index contributed by atoms with van der Waals surface area (Å²) in [6.07, 6.45) is -1.42. The molecular formula is C16H11F2N3O2. The van der Waals surface area contributed by atoms with Crippen LogP contribution in [0, 0.1) is 10.1 Å². The Labute approximate surface area is 130 Å². The number of non-ortho nitro benzene ring substituents is 1. The molecule has 23 heavy (non-hydrogen) atoms. The molecule has 0 unspecified atom stereocenters. The van der Waals surface area contributed by atoms with Crippen molar-refractivity contribution in [2.45, 2.75) is 6.43 Å². The van der Waals surface area contributed by atoms with Gasteiger partial charge >= 0.3 is 0 Å². The standard InChI is InChI=1S/C16H11F2N3O2/c17-16(18)14-10-20(12-4-2-1-3-5-12)19-15(14)11-6-8-13(9-7-11)21(22)23/h1-10,16H. The number of nitro groups is 1. The zero-order valence-corrected chi connectivity index (χ0v) is 11.8. The number of halogens is 2. The van der Waals surface area contributed by atoms with Crippen LogP contribution in [0.25, 0.3) is 16.9 Å². The molecule has 0 aliphatic carbocycles. The van der Waals surface area contributed by atoms with Crippen molar-refractivity contribution in [3.05, 3.63) is 76.5 Å². The minimum atomic E-state index is -2.70. The van der Waals surface area contributed by atoms with E-state index < -0.39 is 11.3 Å². The first-order chi connectivity index (χ1) is 11.1. The second-order valence-electron chi connectivity index (χ2n) is 4.82. The first-order valence-electron chi connectivity index (χ1n) is 6.74. The van der Waals surface area contributed by atoms with Gasteiger partial charge in [-0.2, -0.15) is 5.10 Å². The molecule has 0 radical (unpaired) electrons. The molecular weight excluding hydrogens is 304 g/mol. The van der Waals surface area contributed by atoms with Crippen molar-refractivity contribution in [2.24, 2.45) is 0 Å². The van der Waals surface area contributed by atoms with E-state index in [9.17, 15) is 18.9 Å². The highest BCUT2D eigenvalue weighted by atomic mass is 19.3. The number of hydrogen-bond donors (Lipinski definition) is 0. The normalized spacial score (nSPS) is 10.9. The van der Waals surface area contributed by atoms with Gasteiger partial charge in [0.1, 0.15) is 5.69 Å². The fraction of sp³-hybridized carbons (Fsp3) is 0.0625. The Morgan fingerprint density at radius 3 is 2.26 bits per heavy atom. The van der Waals surface area contributed by atoms with Crippen LogP contribution < -0.4 is 0 Å². The Bertz CT molecular complexity index is 830. The first-order valence-corrected chi connectivity index (χ1v) is 6.74. The smallest absolute Gasteiger partial charge is 0.258 e. The highest BCUT2D eigenvalue weighted by Crippen LogP contribution is 2.31. The molecule has 0 aliphatic heterocycles. The second-order valence-corrected chi connectivity index (χ2v) is 4.82. The van der Waals surface area contributed by atoms with Crippen molar-refractivity contribution < 1.29 is 13.7 Å². The van der Waals surface area contributed by atoms with E-state index in [-0.39, 0.29) is 16.9 Å². The van der Waals surface area contributed by atoms with Crippen LogP contribution >= 0.6 is 0 Å². The van der Waals surface area contributed by atoms with Gasteiger partial charge in [-0.05, 0) is 24.3 Å². The van der Waals surface area contributed by atoms with Gasteiger partial charge < -0.3 is 0 Å². The minimum Gasteiger partial charge on any atom is -0.258 e. The van der Waals surface area contributed by atoms with Gasteiger partial charge in [-0.3, -0.25) is 10.1 Å². The van der Waals surface area contributed by atoms with Crippen molar-refractivity contribution in [3.63, 3.8) is 0 Å². The van der Waals surface area contributed by atoms with Gasteiger partial charge in [-0.15, -0.1) is 0 Å². The van der Waals surface area contributed by atoms with Crippen LogP contribution in [0.4, 0.5) is 14.5 Å². The van der Waals surface area contributed by atoms with Gasteiger partial charge in [0.2, 0.25) is 0 Å². The summed E-state index contributed by atoms with van der Waals surface area (Å²) in [5, 5.41) is 14.9. The quantitative estimate of drug-likeness (QED) is 0.530. The van der Waals surface area contributed by atoms with E-state index in [1.165, 1.54) is 35.1 Å². The van der Waals surface area contributed by atoms with Crippen LogP contribution in [0.5, 0.6) is 0 Å². The number of nitrogens with zero attached hydrogens (tertiary/aromatic N) is 3. The number of hydrogen-bond acceptors (Lipinski definition) is 3. The molecule has 5 nitrogen and oxygen atoms in total. The molecule has 0 spiro atoms. The Hall–Kier alpha value is -3.09. The molecule has 2 aromatic carbocycles. The topological polar surface area (TPSA) is 61.0 Å². The lowest BCUT2D eigenvalue weighted by Gasteiger charge is -2.01. The van der Waals surface area contributed by atoms with E-state index in [4.69, 9.17) is 0 Å². The van der Waals surface area contributed by atoms with Gasteiger partial charge in [-0.25, -0.2) is 13.5 Å². The van der Waals surface area contributed by atoms with E-state index in [0.717, 1.165) is 0 Å². The molecule has 0 N–H and O–H groups in total. The highest BCUT2D eigenvalue weighted by Gasteiger charge is 2.20. The number of aromatic nitrogens is 2. The van der Waals surface area contributed by atoms with Crippen molar-refractivity contribution in [2.75, 3.05) is 0 Å². The summed E-state index contributed by atoms with van der Waals surface area (Å²) in [7, 11) is 0. The molecule has 7 heteroatoms. The Balaban J connectivity index is 2.07. The van der Waals surface area contributed by atoms with Crippen LogP contribution in [0.2, 0.25) is 0 Å². The molecule has 0 fully saturated rings. The number of nitro benzene ring substituents is 1. The van der Waals surface area contributed by atoms with Gasteiger partial charge in [0, 0.05) is 23.9 Å². The lowest BCUT2D eigenvalue weighted by Crippen LogP contribution is -1.94. The maximum atomic E-state index is 13.3. The Kier molecular flexibility index (Phi) is 3.84. The van der Waals surface area contributed by atoms with Crippen LogP contribution in [-0.2, 0) is 0 Å². The third-order valence-corrected chi connectivity index (χ3v) is 3.35. The largest absolute Gasteiger partial charge is 0.269 e. The molecule has 0 amide bonds. The molecule has 0 saturated carbocycles. The first kappa shape index (κ1) is 14.8. The zero-order chi connectivity index (χ0) is 16.4. The Morgan fingerprint density at radius 1 is 1.04 bits per heavy atom. The van der Waals surface area contributed by atoms with E-state index in [2.05, 4.69) is 5.10 Å². The third kappa shape index (κ3) is 2.94. The van der Waals surface area contributed by atoms with Gasteiger partial charge in [0.05, 0.1) is 16.2 Å². The predicted molar refractivity (Wildman–Crippen MR) is 80.6 cm³/mol. The molecule has 116 valence electrons. The Morgan fingerprint density at radius 2 is 1.70 bits per heavy atom. The summed E-state index contributed by atoms with van der Waals surface area (Å²) in [5.74, 6) is 0. The lowest BCUT2D eigenvalue weighted by molar-refractivity contribution is -0.384. The van der Waals surface area contributed by atoms with Crippen LogP contribution in [-0.4, -0.2) is 14.7 Å². The molecule has 0 atom stereocenters. The third-order valence-electron chi connectivity index (χ3n) is 3.35. The molecule has 3 aromatic rings. The second kappa shape index (κ2) is 5.96. The van der Waals surface area contributed by atoms with Crippen molar-refractivity contribution in [3.8, 4) is 16.9 Å². The summed E-state index contributed by atoms with van der Waals surface area (Å²) in [6, 6.07) is 14.3. The fourth-order valence-electron chi connectivity index (χ4n) is 2.23. The van der Waals surface area contributed by atoms with Crippen molar-refractivity contribution >= 4 is 5.69 Å². The lowest BCUT2D eigenvalue weighted by atomic mass is 10.1. The van der Waals surface area contributed by atoms with Crippen LogP contribution in [0.15, 0.2) is 60.8 Å². The van der Waals surface area contributed by atoms with E-state index in [0.29, 0.717) is 11.3 Å². The maximum Gasteiger partial charge on any atom is 0.269 e. The number of para-hydroxylation sites is 1. The molecule has 0 aliphatic rings. The van der Waals surface area contributed by atoms with E-state index in [1.807, 2.05) is 6.07 Å².